The quantitative estimate of drug-likeness (QED) is 0.927. The van der Waals surface area contributed by atoms with Gasteiger partial charge in [-0.2, -0.15) is 0 Å². The van der Waals surface area contributed by atoms with E-state index in [1.807, 2.05) is 12.1 Å². The van der Waals surface area contributed by atoms with Crippen molar-refractivity contribution in [2.75, 3.05) is 19.6 Å². The first-order valence-corrected chi connectivity index (χ1v) is 7.52. The van der Waals surface area contributed by atoms with E-state index >= 15 is 0 Å². The van der Waals surface area contributed by atoms with E-state index in [1.165, 1.54) is 11.6 Å². The first-order valence-electron chi connectivity index (χ1n) is 7.52. The van der Waals surface area contributed by atoms with E-state index < -0.39 is 0 Å². The number of halogens is 1. The SMILES string of the molecule is CC(c1cccc(F)c1)N1CCNCC1c1ccccc1. The minimum absolute atomic E-state index is 0.161. The van der Waals surface area contributed by atoms with E-state index in [0.29, 0.717) is 6.04 Å². The standard InChI is InChI=1S/C18H21FN2/c1-14(16-8-5-9-17(19)12-16)21-11-10-20-13-18(21)15-6-3-2-4-7-15/h2-9,12,14,18,20H,10-11,13H2,1H3. The van der Waals surface area contributed by atoms with Crippen LogP contribution in [-0.2, 0) is 0 Å². The molecule has 3 heteroatoms. The minimum atomic E-state index is -0.161. The molecule has 1 aliphatic heterocycles. The van der Waals surface area contributed by atoms with E-state index in [0.717, 1.165) is 25.2 Å². The van der Waals surface area contributed by atoms with Crippen molar-refractivity contribution < 1.29 is 4.39 Å². The highest BCUT2D eigenvalue weighted by Crippen LogP contribution is 2.31. The third-order valence-corrected chi connectivity index (χ3v) is 4.30. The van der Waals surface area contributed by atoms with Crippen LogP contribution in [0.4, 0.5) is 4.39 Å². The van der Waals surface area contributed by atoms with Crippen molar-refractivity contribution in [3.63, 3.8) is 0 Å². The lowest BCUT2D eigenvalue weighted by Crippen LogP contribution is -2.46. The van der Waals surface area contributed by atoms with Gasteiger partial charge in [-0.25, -0.2) is 4.39 Å². The lowest BCUT2D eigenvalue weighted by molar-refractivity contribution is 0.115. The van der Waals surface area contributed by atoms with Gasteiger partial charge in [0.05, 0.1) is 0 Å². The van der Waals surface area contributed by atoms with Crippen LogP contribution in [-0.4, -0.2) is 24.5 Å². The first kappa shape index (κ1) is 14.2. The van der Waals surface area contributed by atoms with Crippen LogP contribution in [0.3, 0.4) is 0 Å². The molecule has 2 aromatic carbocycles. The molecule has 0 bridgehead atoms. The molecule has 0 amide bonds. The second kappa shape index (κ2) is 6.37. The van der Waals surface area contributed by atoms with Gasteiger partial charge in [0, 0.05) is 31.7 Å². The van der Waals surface area contributed by atoms with E-state index in [2.05, 4.69) is 41.4 Å². The van der Waals surface area contributed by atoms with Gasteiger partial charge in [-0.05, 0) is 30.2 Å². The molecule has 0 radical (unpaired) electrons. The van der Waals surface area contributed by atoms with Gasteiger partial charge in [0.15, 0.2) is 0 Å². The number of hydrogen-bond donors (Lipinski definition) is 1. The van der Waals surface area contributed by atoms with Gasteiger partial charge in [0.25, 0.3) is 0 Å². The van der Waals surface area contributed by atoms with Crippen LogP contribution in [0.15, 0.2) is 54.6 Å². The molecular formula is C18H21FN2. The maximum absolute atomic E-state index is 13.5. The fourth-order valence-electron chi connectivity index (χ4n) is 3.13. The summed E-state index contributed by atoms with van der Waals surface area (Å²) in [6.45, 7) is 5.04. The molecular weight excluding hydrogens is 263 g/mol. The third-order valence-electron chi connectivity index (χ3n) is 4.30. The van der Waals surface area contributed by atoms with Crippen molar-refractivity contribution in [2.45, 2.75) is 19.0 Å². The molecule has 2 aromatic rings. The highest BCUT2D eigenvalue weighted by molar-refractivity contribution is 5.24. The van der Waals surface area contributed by atoms with Crippen LogP contribution < -0.4 is 5.32 Å². The van der Waals surface area contributed by atoms with Crippen LogP contribution in [0.25, 0.3) is 0 Å². The number of benzene rings is 2. The van der Waals surface area contributed by atoms with Gasteiger partial charge in [0.1, 0.15) is 5.82 Å². The summed E-state index contributed by atoms with van der Waals surface area (Å²) in [7, 11) is 0. The Morgan fingerprint density at radius 3 is 2.71 bits per heavy atom. The molecule has 2 nitrogen and oxygen atoms in total. The van der Waals surface area contributed by atoms with Gasteiger partial charge in [-0.1, -0.05) is 42.5 Å². The summed E-state index contributed by atoms with van der Waals surface area (Å²) in [4.78, 5) is 2.46. The Hall–Kier alpha value is -1.71. The van der Waals surface area contributed by atoms with E-state index in [4.69, 9.17) is 0 Å². The van der Waals surface area contributed by atoms with Crippen molar-refractivity contribution in [3.8, 4) is 0 Å². The van der Waals surface area contributed by atoms with Gasteiger partial charge in [-0.3, -0.25) is 4.90 Å². The molecule has 1 heterocycles. The molecule has 0 saturated carbocycles. The first-order chi connectivity index (χ1) is 10.3. The molecule has 0 aromatic heterocycles. The number of nitrogens with one attached hydrogen (secondary N) is 1. The Morgan fingerprint density at radius 1 is 1.14 bits per heavy atom. The Bertz CT molecular complexity index is 585. The molecule has 0 aliphatic carbocycles. The Balaban J connectivity index is 1.87. The normalized spacial score (nSPS) is 21.1. The Morgan fingerprint density at radius 2 is 1.95 bits per heavy atom. The lowest BCUT2D eigenvalue weighted by Gasteiger charge is -2.40. The maximum Gasteiger partial charge on any atom is 0.123 e. The second-order valence-electron chi connectivity index (χ2n) is 5.60. The molecule has 0 spiro atoms. The highest BCUT2D eigenvalue weighted by atomic mass is 19.1. The smallest absolute Gasteiger partial charge is 0.123 e. The third kappa shape index (κ3) is 3.14. The molecule has 2 atom stereocenters. The molecule has 2 unspecified atom stereocenters. The summed E-state index contributed by atoms with van der Waals surface area (Å²) in [6.07, 6.45) is 0. The predicted octanol–water partition coefficient (Wildman–Crippen LogP) is 3.53. The Labute approximate surface area is 125 Å². The highest BCUT2D eigenvalue weighted by Gasteiger charge is 2.28. The number of rotatable bonds is 3. The van der Waals surface area contributed by atoms with Crippen molar-refractivity contribution in [3.05, 3.63) is 71.5 Å². The van der Waals surface area contributed by atoms with E-state index in [-0.39, 0.29) is 11.9 Å². The summed E-state index contributed by atoms with van der Waals surface area (Å²) < 4.78 is 13.5. The zero-order valence-corrected chi connectivity index (χ0v) is 12.3. The second-order valence-corrected chi connectivity index (χ2v) is 5.60. The molecule has 1 saturated heterocycles. The van der Waals surface area contributed by atoms with Crippen molar-refractivity contribution in [1.82, 2.24) is 10.2 Å². The number of piperazine rings is 1. The van der Waals surface area contributed by atoms with Gasteiger partial charge in [0.2, 0.25) is 0 Å². The Kier molecular flexibility index (Phi) is 4.32. The summed E-state index contributed by atoms with van der Waals surface area (Å²) in [5.74, 6) is -0.161. The van der Waals surface area contributed by atoms with E-state index in [1.54, 1.807) is 12.1 Å². The molecule has 1 N–H and O–H groups in total. The molecule has 21 heavy (non-hydrogen) atoms. The fourth-order valence-corrected chi connectivity index (χ4v) is 3.13. The van der Waals surface area contributed by atoms with Gasteiger partial charge >= 0.3 is 0 Å². The van der Waals surface area contributed by atoms with Crippen LogP contribution in [0.2, 0.25) is 0 Å². The van der Waals surface area contributed by atoms with Crippen molar-refractivity contribution in [1.29, 1.82) is 0 Å². The minimum Gasteiger partial charge on any atom is -0.314 e. The van der Waals surface area contributed by atoms with Crippen molar-refractivity contribution in [2.24, 2.45) is 0 Å². The average molecular weight is 284 g/mol. The molecule has 3 rings (SSSR count). The predicted molar refractivity (Wildman–Crippen MR) is 83.6 cm³/mol. The molecule has 110 valence electrons. The van der Waals surface area contributed by atoms with Crippen LogP contribution in [0.5, 0.6) is 0 Å². The number of nitrogens with zero attached hydrogens (tertiary/aromatic N) is 1. The van der Waals surface area contributed by atoms with Crippen LogP contribution in [0, 0.1) is 5.82 Å². The van der Waals surface area contributed by atoms with Crippen LogP contribution >= 0.6 is 0 Å². The van der Waals surface area contributed by atoms with Gasteiger partial charge < -0.3 is 5.32 Å². The number of hydrogen-bond acceptors (Lipinski definition) is 2. The zero-order chi connectivity index (χ0) is 14.7. The zero-order valence-electron chi connectivity index (χ0n) is 12.3. The summed E-state index contributed by atoms with van der Waals surface area (Å²) in [5.41, 5.74) is 2.35. The molecule has 1 fully saturated rings. The maximum atomic E-state index is 13.5. The largest absolute Gasteiger partial charge is 0.314 e. The summed E-state index contributed by atoms with van der Waals surface area (Å²) in [6, 6.07) is 18.0. The van der Waals surface area contributed by atoms with Crippen LogP contribution in [0.1, 0.15) is 30.1 Å². The average Bonchev–Trinajstić information content (AvgIpc) is 2.55. The monoisotopic (exact) mass is 284 g/mol. The van der Waals surface area contributed by atoms with Crippen molar-refractivity contribution >= 4 is 0 Å². The van der Waals surface area contributed by atoms with Gasteiger partial charge in [-0.15, -0.1) is 0 Å². The molecule has 1 aliphatic rings. The summed E-state index contributed by atoms with van der Waals surface area (Å²) >= 11 is 0. The van der Waals surface area contributed by atoms with E-state index in [9.17, 15) is 4.39 Å². The fraction of sp³-hybridized carbons (Fsp3) is 0.333. The summed E-state index contributed by atoms with van der Waals surface area (Å²) in [5, 5.41) is 3.47. The lowest BCUT2D eigenvalue weighted by atomic mass is 9.98. The topological polar surface area (TPSA) is 15.3 Å².